The van der Waals surface area contributed by atoms with Crippen molar-refractivity contribution in [1.82, 2.24) is 0 Å². The van der Waals surface area contributed by atoms with E-state index in [0.29, 0.717) is 11.8 Å². The van der Waals surface area contributed by atoms with Crippen molar-refractivity contribution in [2.45, 2.75) is 31.6 Å². The van der Waals surface area contributed by atoms with E-state index in [2.05, 4.69) is 190 Å². The summed E-state index contributed by atoms with van der Waals surface area (Å²) in [4.78, 5) is 5.29. The molecule has 7 aromatic rings. The van der Waals surface area contributed by atoms with Gasteiger partial charge in [-0.05, 0) is 104 Å². The van der Waals surface area contributed by atoms with Crippen molar-refractivity contribution in [3.63, 3.8) is 0 Å². The molecular weight excluding hydrogens is 701 g/mol. The fraction of sp³-hybridized carbons (Fsp3) is 0.107. The Labute approximate surface area is 341 Å². The van der Waals surface area contributed by atoms with Gasteiger partial charge in [-0.25, -0.2) is 4.99 Å². The van der Waals surface area contributed by atoms with Crippen LogP contribution in [0, 0.1) is 11.3 Å². The summed E-state index contributed by atoms with van der Waals surface area (Å²) in [5.41, 5.74) is 18.5. The molecule has 2 heteroatoms. The summed E-state index contributed by atoms with van der Waals surface area (Å²) >= 11 is 0. The molecule has 58 heavy (non-hydrogen) atoms. The Morgan fingerprint density at radius 3 is 1.91 bits per heavy atom. The lowest BCUT2D eigenvalue weighted by Crippen LogP contribution is -2.46. The molecule has 0 saturated carbocycles. The van der Waals surface area contributed by atoms with Gasteiger partial charge in [0.2, 0.25) is 0 Å². The van der Waals surface area contributed by atoms with Gasteiger partial charge in [0.05, 0.1) is 5.71 Å². The van der Waals surface area contributed by atoms with E-state index in [4.69, 9.17) is 4.99 Å². The largest absolute Gasteiger partial charge is 0.282 e. The van der Waals surface area contributed by atoms with Crippen LogP contribution >= 0.6 is 0 Å². The highest BCUT2D eigenvalue weighted by atomic mass is 14.8. The van der Waals surface area contributed by atoms with Crippen molar-refractivity contribution in [3.05, 3.63) is 239 Å². The highest BCUT2D eigenvalue weighted by Gasteiger charge is 2.61. The van der Waals surface area contributed by atoms with Crippen LogP contribution in [0.15, 0.2) is 205 Å². The first-order chi connectivity index (χ1) is 28.5. The molecule has 3 unspecified atom stereocenters. The minimum Gasteiger partial charge on any atom is -0.282 e. The van der Waals surface area contributed by atoms with E-state index in [1.54, 1.807) is 0 Å². The standard InChI is InChI=1S/C56H44N2/c1-37(35-39-25-27-42(28-26-39)40-16-5-3-6-17-40)54(58-55(57)49-23-13-10-20-46(49)44-31-29-43(30-32-44)41-18-7-4-8-19-41)45-33-34-50-52(36-45)56-38(2)15-9-14-24-51(56)47-21-11-12-22-48(47)53(50)56/h3-14,16-36,38,53,57H,15H2,1-2H3/b37-35+,57-55?,58-54?. The van der Waals surface area contributed by atoms with Gasteiger partial charge < -0.3 is 0 Å². The molecule has 7 aromatic carbocycles. The molecule has 0 fully saturated rings. The lowest BCUT2D eigenvalue weighted by molar-refractivity contribution is 0.306. The molecule has 1 spiro atoms. The molecule has 0 aliphatic heterocycles. The van der Waals surface area contributed by atoms with Crippen LogP contribution in [-0.2, 0) is 5.41 Å². The maximum Gasteiger partial charge on any atom is 0.153 e. The second kappa shape index (κ2) is 14.6. The number of fused-ring (bicyclic) bond motifs is 5. The van der Waals surface area contributed by atoms with E-state index in [1.807, 2.05) is 24.3 Å². The minimum absolute atomic E-state index is 0.0967. The topological polar surface area (TPSA) is 36.2 Å². The third-order valence-electron chi connectivity index (χ3n) is 12.7. The lowest BCUT2D eigenvalue weighted by Gasteiger charge is -2.52. The first-order valence-corrected chi connectivity index (χ1v) is 20.4. The molecule has 3 aliphatic carbocycles. The van der Waals surface area contributed by atoms with Crippen LogP contribution in [0.2, 0.25) is 0 Å². The Morgan fingerprint density at radius 1 is 0.621 bits per heavy atom. The Morgan fingerprint density at radius 2 is 1.21 bits per heavy atom. The number of aliphatic imine (C=N–C) groups is 1. The smallest absolute Gasteiger partial charge is 0.153 e. The fourth-order valence-electron chi connectivity index (χ4n) is 9.93. The van der Waals surface area contributed by atoms with E-state index in [-0.39, 0.29) is 11.3 Å². The second-order valence-corrected chi connectivity index (χ2v) is 15.9. The second-order valence-electron chi connectivity index (χ2n) is 15.9. The highest BCUT2D eigenvalue weighted by molar-refractivity contribution is 6.21. The number of hydrogen-bond acceptors (Lipinski definition) is 1. The summed E-state index contributed by atoms with van der Waals surface area (Å²) in [6, 6.07) is 62.5. The van der Waals surface area contributed by atoms with Crippen LogP contribution < -0.4 is 0 Å². The predicted octanol–water partition coefficient (Wildman–Crippen LogP) is 14.0. The van der Waals surface area contributed by atoms with Gasteiger partial charge in [0.25, 0.3) is 0 Å². The summed E-state index contributed by atoms with van der Waals surface area (Å²) in [6.07, 6.45) is 10.2. The van der Waals surface area contributed by atoms with Crippen molar-refractivity contribution in [3.8, 4) is 33.4 Å². The molecular formula is C56H44N2. The average Bonchev–Trinajstić information content (AvgIpc) is 3.38. The Balaban J connectivity index is 1.08. The summed E-state index contributed by atoms with van der Waals surface area (Å²) in [5.74, 6) is 1.01. The van der Waals surface area contributed by atoms with Crippen molar-refractivity contribution in [2.24, 2.45) is 10.9 Å². The molecule has 0 amide bonds. The zero-order chi connectivity index (χ0) is 39.2. The van der Waals surface area contributed by atoms with Crippen LogP contribution in [0.3, 0.4) is 0 Å². The van der Waals surface area contributed by atoms with E-state index >= 15 is 0 Å². The van der Waals surface area contributed by atoms with Crippen molar-refractivity contribution >= 4 is 23.2 Å². The van der Waals surface area contributed by atoms with Crippen molar-refractivity contribution < 1.29 is 0 Å². The minimum atomic E-state index is -0.0967. The molecule has 0 bridgehead atoms. The molecule has 10 rings (SSSR count). The van der Waals surface area contributed by atoms with Gasteiger partial charge in [-0.15, -0.1) is 0 Å². The third-order valence-corrected chi connectivity index (χ3v) is 12.7. The molecule has 3 atom stereocenters. The number of allylic oxidation sites excluding steroid dienone is 5. The number of nitrogens with one attached hydrogen (secondary N) is 1. The third kappa shape index (κ3) is 5.87. The van der Waals surface area contributed by atoms with E-state index in [1.165, 1.54) is 50.1 Å². The molecule has 0 heterocycles. The molecule has 278 valence electrons. The zero-order valence-corrected chi connectivity index (χ0v) is 32.9. The Bertz CT molecular complexity index is 2820. The van der Waals surface area contributed by atoms with Crippen LogP contribution in [0.1, 0.15) is 65.1 Å². The van der Waals surface area contributed by atoms with Crippen LogP contribution in [0.25, 0.3) is 45.0 Å². The van der Waals surface area contributed by atoms with E-state index in [9.17, 15) is 5.41 Å². The van der Waals surface area contributed by atoms with Crippen LogP contribution in [-0.4, -0.2) is 11.5 Å². The first kappa shape index (κ1) is 35.5. The number of benzene rings is 7. The zero-order valence-electron chi connectivity index (χ0n) is 32.9. The maximum absolute atomic E-state index is 9.66. The number of nitrogens with zero attached hydrogens (tertiary/aromatic N) is 1. The Kier molecular flexibility index (Phi) is 8.91. The van der Waals surface area contributed by atoms with E-state index < -0.39 is 0 Å². The monoisotopic (exact) mass is 744 g/mol. The quantitative estimate of drug-likeness (QED) is 0.125. The molecule has 1 N–H and O–H groups in total. The molecule has 3 aliphatic rings. The summed E-state index contributed by atoms with van der Waals surface area (Å²) in [5, 5.41) is 9.66. The molecule has 2 nitrogen and oxygen atoms in total. The fourth-order valence-corrected chi connectivity index (χ4v) is 9.93. The first-order valence-electron chi connectivity index (χ1n) is 20.4. The average molecular weight is 745 g/mol. The van der Waals surface area contributed by atoms with Crippen LogP contribution in [0.5, 0.6) is 0 Å². The van der Waals surface area contributed by atoms with Gasteiger partial charge in [0.1, 0.15) is 0 Å². The summed E-state index contributed by atoms with van der Waals surface area (Å²) in [6.45, 7) is 4.57. The normalized spacial score (nSPS) is 19.2. The van der Waals surface area contributed by atoms with Gasteiger partial charge in [-0.3, -0.25) is 5.41 Å². The van der Waals surface area contributed by atoms with E-state index in [0.717, 1.165) is 45.5 Å². The molecule has 0 radical (unpaired) electrons. The SMILES string of the molecule is C/C(=C\c1ccc(-c2ccccc2)cc1)C(=NC(=N)c1ccccc1-c1ccc(-c2ccccc2)cc1)c1ccc2c(c1)C13C(=CC=CCC1C)c1ccccc1C23. The Hall–Kier alpha value is -6.90. The molecule has 0 saturated heterocycles. The van der Waals surface area contributed by atoms with Gasteiger partial charge in [0, 0.05) is 22.5 Å². The number of hydrogen-bond donors (Lipinski definition) is 1. The van der Waals surface area contributed by atoms with Gasteiger partial charge in [-0.1, -0.05) is 195 Å². The number of amidine groups is 1. The van der Waals surface area contributed by atoms with Crippen molar-refractivity contribution in [1.29, 1.82) is 5.41 Å². The summed E-state index contributed by atoms with van der Waals surface area (Å²) in [7, 11) is 0. The van der Waals surface area contributed by atoms with Gasteiger partial charge in [0.15, 0.2) is 5.84 Å². The van der Waals surface area contributed by atoms with Crippen LogP contribution in [0.4, 0.5) is 0 Å². The highest BCUT2D eigenvalue weighted by Crippen LogP contribution is 2.70. The summed E-state index contributed by atoms with van der Waals surface area (Å²) < 4.78 is 0. The predicted molar refractivity (Wildman–Crippen MR) is 244 cm³/mol. The van der Waals surface area contributed by atoms with Gasteiger partial charge in [-0.2, -0.15) is 0 Å². The maximum atomic E-state index is 9.66. The van der Waals surface area contributed by atoms with Gasteiger partial charge >= 0.3 is 0 Å². The number of rotatable bonds is 7. The molecule has 0 aromatic heterocycles. The van der Waals surface area contributed by atoms with Crippen molar-refractivity contribution in [2.75, 3.05) is 0 Å². The lowest BCUT2D eigenvalue weighted by atomic mass is 9.50.